The Morgan fingerprint density at radius 2 is 2.13 bits per heavy atom. The van der Waals surface area contributed by atoms with Gasteiger partial charge < -0.3 is 10.4 Å². The molecule has 0 saturated carbocycles. The van der Waals surface area contributed by atoms with Crippen LogP contribution in [0.4, 0.5) is 0 Å². The van der Waals surface area contributed by atoms with Gasteiger partial charge in [-0.15, -0.1) is 0 Å². The van der Waals surface area contributed by atoms with E-state index in [0.717, 1.165) is 18.5 Å². The number of rotatable bonds is 6. The number of benzene rings is 1. The molecule has 1 rings (SSSR count). The molecule has 0 fully saturated rings. The average Bonchev–Trinajstić information content (AvgIpc) is 2.24. The molecule has 0 bridgehead atoms. The van der Waals surface area contributed by atoms with Crippen molar-refractivity contribution in [2.24, 2.45) is 0 Å². The normalized spacial score (nSPS) is 12.7. The Bertz CT molecular complexity index is 286. The highest BCUT2D eigenvalue weighted by atomic mass is 16.3. The summed E-state index contributed by atoms with van der Waals surface area (Å²) >= 11 is 0. The first-order valence-corrected chi connectivity index (χ1v) is 5.77. The van der Waals surface area contributed by atoms with Crippen molar-refractivity contribution in [3.05, 3.63) is 29.8 Å². The van der Waals surface area contributed by atoms with Crippen LogP contribution in [0.1, 0.15) is 38.7 Å². The summed E-state index contributed by atoms with van der Waals surface area (Å²) in [6.07, 6.45) is 3.59. The second-order valence-electron chi connectivity index (χ2n) is 3.94. The van der Waals surface area contributed by atoms with Gasteiger partial charge in [-0.25, -0.2) is 0 Å². The quantitative estimate of drug-likeness (QED) is 0.751. The van der Waals surface area contributed by atoms with Crippen molar-refractivity contribution < 1.29 is 5.11 Å². The van der Waals surface area contributed by atoms with Crippen molar-refractivity contribution >= 4 is 0 Å². The van der Waals surface area contributed by atoms with E-state index in [1.807, 2.05) is 18.2 Å². The molecule has 1 atom stereocenters. The molecule has 84 valence electrons. The van der Waals surface area contributed by atoms with Gasteiger partial charge in [0.2, 0.25) is 0 Å². The summed E-state index contributed by atoms with van der Waals surface area (Å²) < 4.78 is 0. The van der Waals surface area contributed by atoms with Crippen molar-refractivity contribution in [2.75, 3.05) is 0 Å². The summed E-state index contributed by atoms with van der Waals surface area (Å²) in [6, 6.07) is 8.02. The summed E-state index contributed by atoms with van der Waals surface area (Å²) in [5, 5.41) is 12.8. The van der Waals surface area contributed by atoms with E-state index in [1.54, 1.807) is 6.07 Å². The molecule has 0 amide bonds. The third-order valence-electron chi connectivity index (χ3n) is 2.64. The molecule has 0 saturated heterocycles. The highest BCUT2D eigenvalue weighted by molar-refractivity contribution is 5.26. The number of hydrogen-bond donors (Lipinski definition) is 2. The monoisotopic (exact) mass is 207 g/mol. The van der Waals surface area contributed by atoms with Crippen molar-refractivity contribution in [2.45, 2.75) is 45.7 Å². The van der Waals surface area contributed by atoms with E-state index in [0.29, 0.717) is 11.8 Å². The number of aromatic hydroxyl groups is 1. The highest BCUT2D eigenvalue weighted by Gasteiger charge is 2.03. The van der Waals surface area contributed by atoms with E-state index in [9.17, 15) is 5.11 Å². The Hall–Kier alpha value is -1.02. The van der Waals surface area contributed by atoms with E-state index >= 15 is 0 Å². The van der Waals surface area contributed by atoms with Crippen LogP contribution in [0.3, 0.4) is 0 Å². The molecule has 0 aliphatic heterocycles. The van der Waals surface area contributed by atoms with Gasteiger partial charge in [0.25, 0.3) is 0 Å². The van der Waals surface area contributed by atoms with E-state index in [4.69, 9.17) is 0 Å². The van der Waals surface area contributed by atoms with Gasteiger partial charge >= 0.3 is 0 Å². The summed E-state index contributed by atoms with van der Waals surface area (Å²) in [5.74, 6) is 0.345. The second kappa shape index (κ2) is 6.46. The van der Waals surface area contributed by atoms with E-state index in [2.05, 4.69) is 19.2 Å². The first kappa shape index (κ1) is 12.1. The lowest BCUT2D eigenvalue weighted by atomic mass is 10.1. The van der Waals surface area contributed by atoms with Crippen LogP contribution < -0.4 is 5.32 Å². The van der Waals surface area contributed by atoms with Gasteiger partial charge in [0, 0.05) is 12.6 Å². The molecule has 0 spiro atoms. The summed E-state index contributed by atoms with van der Waals surface area (Å²) in [6.45, 7) is 5.25. The maximum Gasteiger partial charge on any atom is 0.115 e. The van der Waals surface area contributed by atoms with Gasteiger partial charge in [0.1, 0.15) is 5.75 Å². The molecule has 15 heavy (non-hydrogen) atoms. The maximum absolute atomic E-state index is 9.31. The van der Waals surface area contributed by atoms with E-state index in [1.165, 1.54) is 12.8 Å². The number of hydrogen-bond acceptors (Lipinski definition) is 2. The second-order valence-corrected chi connectivity index (χ2v) is 3.94. The Morgan fingerprint density at radius 3 is 2.73 bits per heavy atom. The third-order valence-corrected chi connectivity index (χ3v) is 2.64. The van der Waals surface area contributed by atoms with Crippen molar-refractivity contribution in [3.8, 4) is 5.75 Å². The lowest BCUT2D eigenvalue weighted by molar-refractivity contribution is 0.457. The van der Waals surface area contributed by atoms with Gasteiger partial charge in [-0.05, 0) is 30.5 Å². The van der Waals surface area contributed by atoms with Gasteiger partial charge in [-0.1, -0.05) is 32.4 Å². The van der Waals surface area contributed by atoms with Crippen LogP contribution in [0, 0.1) is 0 Å². The smallest absolute Gasteiger partial charge is 0.115 e. The molecule has 1 aromatic carbocycles. The molecule has 1 aromatic rings. The number of phenolic OH excluding ortho intramolecular Hbond substituents is 1. The van der Waals surface area contributed by atoms with Crippen LogP contribution >= 0.6 is 0 Å². The minimum absolute atomic E-state index is 0.345. The predicted octanol–water partition coefficient (Wildman–Crippen LogP) is 3.06. The van der Waals surface area contributed by atoms with Crippen molar-refractivity contribution in [1.82, 2.24) is 5.32 Å². The van der Waals surface area contributed by atoms with Crippen LogP contribution in [-0.4, -0.2) is 11.1 Å². The molecular weight excluding hydrogens is 186 g/mol. The topological polar surface area (TPSA) is 32.3 Å². The minimum Gasteiger partial charge on any atom is -0.508 e. The molecule has 0 aromatic heterocycles. The van der Waals surface area contributed by atoms with E-state index in [-0.39, 0.29) is 0 Å². The Labute approximate surface area is 92.3 Å². The lowest BCUT2D eigenvalue weighted by Gasteiger charge is -2.15. The van der Waals surface area contributed by atoms with Crippen molar-refractivity contribution in [3.63, 3.8) is 0 Å². The highest BCUT2D eigenvalue weighted by Crippen LogP contribution is 2.11. The van der Waals surface area contributed by atoms with Crippen LogP contribution in [-0.2, 0) is 6.54 Å². The Balaban J connectivity index is 2.41. The SMILES string of the molecule is CCCC(CC)NCc1cccc(O)c1. The van der Waals surface area contributed by atoms with Gasteiger partial charge in [-0.3, -0.25) is 0 Å². The molecule has 2 nitrogen and oxygen atoms in total. The molecule has 0 aliphatic carbocycles. The van der Waals surface area contributed by atoms with Crippen LogP contribution in [0.2, 0.25) is 0 Å². The first-order chi connectivity index (χ1) is 7.26. The zero-order valence-corrected chi connectivity index (χ0v) is 9.66. The number of nitrogens with one attached hydrogen (secondary N) is 1. The fourth-order valence-corrected chi connectivity index (χ4v) is 1.73. The molecule has 0 aliphatic rings. The van der Waals surface area contributed by atoms with Crippen LogP contribution in [0.25, 0.3) is 0 Å². The summed E-state index contributed by atoms with van der Waals surface area (Å²) in [5.41, 5.74) is 1.14. The Morgan fingerprint density at radius 1 is 1.33 bits per heavy atom. The van der Waals surface area contributed by atoms with Crippen LogP contribution in [0.15, 0.2) is 24.3 Å². The summed E-state index contributed by atoms with van der Waals surface area (Å²) in [7, 11) is 0. The maximum atomic E-state index is 9.31. The third kappa shape index (κ3) is 4.34. The van der Waals surface area contributed by atoms with Crippen LogP contribution in [0.5, 0.6) is 5.75 Å². The molecule has 0 heterocycles. The zero-order chi connectivity index (χ0) is 11.1. The number of phenols is 1. The van der Waals surface area contributed by atoms with Gasteiger partial charge in [0.15, 0.2) is 0 Å². The largest absolute Gasteiger partial charge is 0.508 e. The lowest BCUT2D eigenvalue weighted by Crippen LogP contribution is -2.27. The minimum atomic E-state index is 0.345. The van der Waals surface area contributed by atoms with Gasteiger partial charge in [-0.2, -0.15) is 0 Å². The zero-order valence-electron chi connectivity index (χ0n) is 9.66. The standard InChI is InChI=1S/C13H21NO/c1-3-6-12(4-2)14-10-11-7-5-8-13(15)9-11/h5,7-9,12,14-15H,3-4,6,10H2,1-2H3. The first-order valence-electron chi connectivity index (χ1n) is 5.77. The molecular formula is C13H21NO. The Kier molecular flexibility index (Phi) is 5.19. The van der Waals surface area contributed by atoms with Gasteiger partial charge in [0.05, 0.1) is 0 Å². The van der Waals surface area contributed by atoms with Crippen molar-refractivity contribution in [1.29, 1.82) is 0 Å². The molecule has 2 N–H and O–H groups in total. The average molecular weight is 207 g/mol. The predicted molar refractivity (Wildman–Crippen MR) is 63.9 cm³/mol. The molecule has 0 radical (unpaired) electrons. The fourth-order valence-electron chi connectivity index (χ4n) is 1.73. The fraction of sp³-hybridized carbons (Fsp3) is 0.538. The molecule has 1 unspecified atom stereocenters. The summed E-state index contributed by atoms with van der Waals surface area (Å²) in [4.78, 5) is 0. The molecule has 2 heteroatoms. The van der Waals surface area contributed by atoms with E-state index < -0.39 is 0 Å².